The molecule has 0 aromatic carbocycles. The predicted molar refractivity (Wildman–Crippen MR) is 41.7 cm³/mol. The van der Waals surface area contributed by atoms with Gasteiger partial charge in [0.05, 0.1) is 12.5 Å². The second kappa shape index (κ2) is 3.49. The molecule has 0 aromatic heterocycles. The molecule has 1 saturated heterocycles. The van der Waals surface area contributed by atoms with Crippen LogP contribution >= 0.6 is 0 Å². The molecule has 0 saturated carbocycles. The fourth-order valence-corrected chi connectivity index (χ4v) is 1.59. The van der Waals surface area contributed by atoms with E-state index in [0.29, 0.717) is 0 Å². The van der Waals surface area contributed by atoms with E-state index >= 15 is 0 Å². The molecule has 1 heterocycles. The van der Waals surface area contributed by atoms with Crippen molar-refractivity contribution >= 4 is 0 Å². The van der Waals surface area contributed by atoms with Gasteiger partial charge in [-0.15, -0.1) is 0 Å². The molecule has 4 N–H and O–H groups in total. The summed E-state index contributed by atoms with van der Waals surface area (Å²) in [6, 6.07) is 0. The lowest BCUT2D eigenvalue weighted by Crippen LogP contribution is -3.16. The van der Waals surface area contributed by atoms with Gasteiger partial charge in [0, 0.05) is 0 Å². The van der Waals surface area contributed by atoms with Crippen LogP contribution in [-0.4, -0.2) is 39.5 Å². The van der Waals surface area contributed by atoms with Crippen molar-refractivity contribution in [3.63, 3.8) is 0 Å². The van der Waals surface area contributed by atoms with E-state index in [0.717, 1.165) is 0 Å². The third-order valence-corrected chi connectivity index (χ3v) is 2.56. The lowest BCUT2D eigenvalue weighted by atomic mass is 9.86. The minimum atomic E-state index is -1.32. The Morgan fingerprint density at radius 3 is 2.54 bits per heavy atom. The first-order valence-corrected chi connectivity index (χ1v) is 4.13. The quantitative estimate of drug-likeness (QED) is 0.361. The molecule has 1 fully saturated rings. The summed E-state index contributed by atoms with van der Waals surface area (Å²) in [4.78, 5) is 0. The molecule has 1 unspecified atom stereocenters. The average Bonchev–Trinajstić information content (AvgIpc) is 1.99. The van der Waals surface area contributed by atoms with Gasteiger partial charge >= 0.3 is 0 Å². The molecule has 0 amide bonds. The van der Waals surface area contributed by atoms with Gasteiger partial charge in [-0.1, -0.05) is 0 Å². The highest BCUT2D eigenvalue weighted by Gasteiger charge is 2.49. The zero-order valence-corrected chi connectivity index (χ0v) is 7.60. The van der Waals surface area contributed by atoms with Crippen LogP contribution in [0.5, 0.6) is 0 Å². The molecule has 5 atom stereocenters. The molecule has 13 heavy (non-hydrogen) atoms. The van der Waals surface area contributed by atoms with E-state index in [1.807, 2.05) is 0 Å². The second-order valence-electron chi connectivity index (χ2n) is 3.67. The molecule has 1 rings (SSSR count). The van der Waals surface area contributed by atoms with Crippen LogP contribution < -0.4 is 5.23 Å². The number of rotatable bonds is 1. The van der Waals surface area contributed by atoms with Crippen molar-refractivity contribution in [1.82, 2.24) is 0 Å². The summed E-state index contributed by atoms with van der Waals surface area (Å²) < 4.78 is 4.89. The maximum Gasteiger partial charge on any atom is 0.161 e. The molecule has 6 nitrogen and oxygen atoms in total. The van der Waals surface area contributed by atoms with Crippen molar-refractivity contribution in [2.24, 2.45) is 0 Å². The third kappa shape index (κ3) is 1.83. The summed E-state index contributed by atoms with van der Waals surface area (Å²) in [5, 5.41) is 37.4. The molecular weight excluding hydrogens is 178 g/mol. The third-order valence-electron chi connectivity index (χ3n) is 2.56. The van der Waals surface area contributed by atoms with E-state index < -0.39 is 29.3 Å². The summed E-state index contributed by atoms with van der Waals surface area (Å²) in [5.41, 5.74) is -1.32. The van der Waals surface area contributed by atoms with Crippen molar-refractivity contribution in [3.05, 3.63) is 5.21 Å². The Kier molecular flexibility index (Phi) is 2.91. The van der Waals surface area contributed by atoms with Gasteiger partial charge in [0.1, 0.15) is 6.10 Å². The highest BCUT2D eigenvalue weighted by molar-refractivity contribution is 4.90. The zero-order chi connectivity index (χ0) is 10.2. The van der Waals surface area contributed by atoms with Crippen LogP contribution in [0.4, 0.5) is 0 Å². The first-order chi connectivity index (χ1) is 5.88. The molecular formula is C7H15NO5. The molecule has 78 valence electrons. The summed E-state index contributed by atoms with van der Waals surface area (Å²) in [6.07, 6.45) is -2.95. The topological polar surface area (TPSA) is 97.4 Å². The minimum Gasteiger partial charge on any atom is -0.600 e. The van der Waals surface area contributed by atoms with Crippen molar-refractivity contribution < 1.29 is 25.4 Å². The molecule has 1 aliphatic heterocycles. The number of hydroxylamine groups is 2. The van der Waals surface area contributed by atoms with E-state index in [-0.39, 0.29) is 6.42 Å². The molecule has 1 aliphatic rings. The number of ether oxygens (including phenoxy) is 1. The Bertz CT molecular complexity index is 188. The smallest absolute Gasteiger partial charge is 0.161 e. The lowest BCUT2D eigenvalue weighted by molar-refractivity contribution is -1.09. The Morgan fingerprint density at radius 2 is 2.08 bits per heavy atom. The summed E-state index contributed by atoms with van der Waals surface area (Å²) >= 11 is 0. The van der Waals surface area contributed by atoms with Crippen LogP contribution in [-0.2, 0) is 4.74 Å². The Hall–Kier alpha value is -0.240. The van der Waals surface area contributed by atoms with Crippen molar-refractivity contribution in [1.29, 1.82) is 0 Å². The standard InChI is InChI=1S/C7H15NO5/c1-4-6(10)7(2,8(11)12)3-5(9)13-4/h4-6,8-11H,3H2,1-2H3/t4-,5-,6+,7-/m1/s1. The van der Waals surface area contributed by atoms with Gasteiger partial charge in [-0.3, -0.25) is 0 Å². The summed E-state index contributed by atoms with van der Waals surface area (Å²) in [6.45, 7) is 2.94. The molecule has 0 aliphatic carbocycles. The fraction of sp³-hybridized carbons (Fsp3) is 1.00. The Balaban J connectivity index is 2.82. The zero-order valence-electron chi connectivity index (χ0n) is 7.60. The number of nitrogens with one attached hydrogen (secondary N) is 1. The van der Waals surface area contributed by atoms with Gasteiger partial charge in [-0.2, -0.15) is 0 Å². The molecule has 0 bridgehead atoms. The van der Waals surface area contributed by atoms with Gasteiger partial charge in [0.2, 0.25) is 0 Å². The predicted octanol–water partition coefficient (Wildman–Crippen LogP) is -1.99. The molecule has 0 aromatic rings. The second-order valence-corrected chi connectivity index (χ2v) is 3.67. The van der Waals surface area contributed by atoms with Crippen LogP contribution in [0.2, 0.25) is 0 Å². The number of quaternary nitrogens is 1. The lowest BCUT2D eigenvalue weighted by Gasteiger charge is -2.45. The van der Waals surface area contributed by atoms with Gasteiger partial charge in [-0.25, -0.2) is 10.4 Å². The first-order valence-electron chi connectivity index (χ1n) is 4.13. The largest absolute Gasteiger partial charge is 0.600 e. The first kappa shape index (κ1) is 10.8. The van der Waals surface area contributed by atoms with E-state index in [2.05, 4.69) is 0 Å². The maximum absolute atomic E-state index is 10.9. The van der Waals surface area contributed by atoms with E-state index in [1.54, 1.807) is 0 Å². The van der Waals surface area contributed by atoms with Crippen LogP contribution in [0, 0.1) is 5.21 Å². The van der Waals surface area contributed by atoms with E-state index in [4.69, 9.17) is 9.94 Å². The molecule has 6 heteroatoms. The highest BCUT2D eigenvalue weighted by Crippen LogP contribution is 2.25. The van der Waals surface area contributed by atoms with Crippen LogP contribution in [0.3, 0.4) is 0 Å². The molecule has 0 spiro atoms. The van der Waals surface area contributed by atoms with Crippen LogP contribution in [0.1, 0.15) is 20.3 Å². The summed E-state index contributed by atoms with van der Waals surface area (Å²) in [5.74, 6) is 0. The van der Waals surface area contributed by atoms with Crippen LogP contribution in [0.15, 0.2) is 0 Å². The van der Waals surface area contributed by atoms with Gasteiger partial charge < -0.3 is 20.2 Å². The maximum atomic E-state index is 10.9. The van der Waals surface area contributed by atoms with Crippen molar-refractivity contribution in [2.75, 3.05) is 0 Å². The fourth-order valence-electron chi connectivity index (χ4n) is 1.59. The van der Waals surface area contributed by atoms with Gasteiger partial charge in [0.25, 0.3) is 0 Å². The average molecular weight is 193 g/mol. The van der Waals surface area contributed by atoms with E-state index in [1.165, 1.54) is 13.8 Å². The van der Waals surface area contributed by atoms with Crippen LogP contribution in [0.25, 0.3) is 0 Å². The monoisotopic (exact) mass is 193 g/mol. The number of hydrogen-bond acceptors (Lipinski definition) is 5. The van der Waals surface area contributed by atoms with Gasteiger partial charge in [-0.05, 0) is 13.8 Å². The van der Waals surface area contributed by atoms with Crippen molar-refractivity contribution in [3.8, 4) is 0 Å². The normalized spacial score (nSPS) is 48.9. The Labute approximate surface area is 75.9 Å². The van der Waals surface area contributed by atoms with E-state index in [9.17, 15) is 15.4 Å². The van der Waals surface area contributed by atoms with Crippen molar-refractivity contribution in [2.45, 2.75) is 44.3 Å². The number of aliphatic hydroxyl groups excluding tert-OH is 2. The number of aliphatic hydroxyl groups is 2. The van der Waals surface area contributed by atoms with Gasteiger partial charge in [0.15, 0.2) is 11.8 Å². The summed E-state index contributed by atoms with van der Waals surface area (Å²) in [7, 11) is 0. The SMILES string of the molecule is C[C@H]1O[C@@H](O)C[C@@](C)([NH+]([O-])O)[C@H]1O. The highest BCUT2D eigenvalue weighted by atomic mass is 16.8. The number of hydrogen-bond donors (Lipinski definition) is 4. The molecule has 0 radical (unpaired) electrons. The Morgan fingerprint density at radius 1 is 1.54 bits per heavy atom. The minimum absolute atomic E-state index is 0.0894.